The van der Waals surface area contributed by atoms with Crippen LogP contribution in [0.25, 0.3) is 0 Å². The van der Waals surface area contributed by atoms with E-state index in [1.807, 2.05) is 13.8 Å². The summed E-state index contributed by atoms with van der Waals surface area (Å²) in [6.07, 6.45) is 1.85. The van der Waals surface area contributed by atoms with E-state index in [1.165, 1.54) is 0 Å². The molecule has 1 aliphatic rings. The zero-order valence-electron chi connectivity index (χ0n) is 15.8. The van der Waals surface area contributed by atoms with Crippen LogP contribution in [0.2, 0.25) is 0 Å². The largest absolute Gasteiger partial charge is 0.491 e. The summed E-state index contributed by atoms with van der Waals surface area (Å²) in [6, 6.07) is 13.2. The third kappa shape index (κ3) is 5.33. The number of hydrogen-bond acceptors (Lipinski definition) is 4. The van der Waals surface area contributed by atoms with Crippen molar-refractivity contribution in [1.82, 2.24) is 10.9 Å². The Morgan fingerprint density at radius 3 is 2.18 bits per heavy atom. The lowest BCUT2D eigenvalue weighted by atomic mass is 10.2. The monoisotopic (exact) mass is 381 g/mol. The van der Waals surface area contributed by atoms with Crippen LogP contribution in [0.3, 0.4) is 0 Å². The molecule has 0 aromatic heterocycles. The Balaban J connectivity index is 1.53. The molecular weight excluding hydrogens is 358 g/mol. The number of nitrogens with one attached hydrogen (secondary N) is 3. The van der Waals surface area contributed by atoms with Crippen molar-refractivity contribution in [2.24, 2.45) is 5.92 Å². The molecule has 0 aliphatic heterocycles. The number of benzene rings is 2. The summed E-state index contributed by atoms with van der Waals surface area (Å²) >= 11 is 0. The zero-order valence-corrected chi connectivity index (χ0v) is 15.8. The van der Waals surface area contributed by atoms with Crippen molar-refractivity contribution >= 4 is 23.4 Å². The van der Waals surface area contributed by atoms with Crippen LogP contribution in [0.5, 0.6) is 5.75 Å². The zero-order chi connectivity index (χ0) is 20.1. The average molecular weight is 381 g/mol. The number of ether oxygens (including phenoxy) is 1. The predicted molar refractivity (Wildman–Crippen MR) is 105 cm³/mol. The van der Waals surface area contributed by atoms with E-state index in [4.69, 9.17) is 4.74 Å². The maximum Gasteiger partial charge on any atom is 0.269 e. The van der Waals surface area contributed by atoms with E-state index in [1.54, 1.807) is 48.5 Å². The number of amides is 3. The second kappa shape index (κ2) is 8.56. The smallest absolute Gasteiger partial charge is 0.269 e. The van der Waals surface area contributed by atoms with Crippen molar-refractivity contribution in [3.05, 3.63) is 59.7 Å². The van der Waals surface area contributed by atoms with Crippen molar-refractivity contribution < 1.29 is 19.1 Å². The molecule has 7 heteroatoms. The summed E-state index contributed by atoms with van der Waals surface area (Å²) in [6.45, 7) is 3.80. The molecule has 0 heterocycles. The Hall–Kier alpha value is -3.35. The molecule has 1 saturated carbocycles. The lowest BCUT2D eigenvalue weighted by molar-refractivity contribution is -0.117. The average Bonchev–Trinajstić information content (AvgIpc) is 3.51. The topological polar surface area (TPSA) is 96.5 Å². The van der Waals surface area contributed by atoms with Gasteiger partial charge in [0.2, 0.25) is 5.91 Å². The Bertz CT molecular complexity index is 873. The Morgan fingerprint density at radius 1 is 0.929 bits per heavy atom. The van der Waals surface area contributed by atoms with Crippen LogP contribution in [0.4, 0.5) is 5.69 Å². The second-order valence-corrected chi connectivity index (χ2v) is 6.94. The fourth-order valence-electron chi connectivity index (χ4n) is 2.54. The van der Waals surface area contributed by atoms with Crippen LogP contribution in [0.15, 0.2) is 48.5 Å². The fraction of sp³-hybridized carbons (Fsp3) is 0.286. The summed E-state index contributed by atoms with van der Waals surface area (Å²) in [5.41, 5.74) is 6.14. The summed E-state index contributed by atoms with van der Waals surface area (Å²) in [5, 5.41) is 2.81. The first-order chi connectivity index (χ1) is 13.4. The van der Waals surface area contributed by atoms with Crippen LogP contribution in [-0.4, -0.2) is 23.8 Å². The van der Waals surface area contributed by atoms with Crippen molar-refractivity contribution in [1.29, 1.82) is 0 Å². The van der Waals surface area contributed by atoms with Crippen LogP contribution >= 0.6 is 0 Å². The van der Waals surface area contributed by atoms with Gasteiger partial charge in [-0.25, -0.2) is 0 Å². The van der Waals surface area contributed by atoms with Gasteiger partial charge in [-0.2, -0.15) is 0 Å². The molecule has 0 bridgehead atoms. The lowest BCUT2D eigenvalue weighted by Gasteiger charge is -2.11. The molecule has 7 nitrogen and oxygen atoms in total. The van der Waals surface area contributed by atoms with Gasteiger partial charge in [0.05, 0.1) is 6.10 Å². The minimum Gasteiger partial charge on any atom is -0.491 e. The molecule has 0 atom stereocenters. The highest BCUT2D eigenvalue weighted by Crippen LogP contribution is 2.30. The molecule has 3 N–H and O–H groups in total. The minimum atomic E-state index is -0.456. The Kier molecular flexibility index (Phi) is 5.93. The molecule has 0 unspecified atom stereocenters. The molecule has 1 fully saturated rings. The summed E-state index contributed by atoms with van der Waals surface area (Å²) in [4.78, 5) is 36.2. The van der Waals surface area contributed by atoms with Gasteiger partial charge in [-0.1, -0.05) is 6.07 Å². The number of anilines is 1. The number of carbonyl (C=O) groups is 3. The van der Waals surface area contributed by atoms with Gasteiger partial charge in [-0.15, -0.1) is 0 Å². The molecule has 28 heavy (non-hydrogen) atoms. The maximum atomic E-state index is 12.2. The van der Waals surface area contributed by atoms with Crippen molar-refractivity contribution in [2.75, 3.05) is 5.32 Å². The van der Waals surface area contributed by atoms with Crippen LogP contribution in [-0.2, 0) is 4.79 Å². The predicted octanol–water partition coefficient (Wildman–Crippen LogP) is 2.90. The van der Waals surface area contributed by atoms with Crippen molar-refractivity contribution in [2.45, 2.75) is 32.8 Å². The molecule has 1 aliphatic carbocycles. The van der Waals surface area contributed by atoms with E-state index in [9.17, 15) is 14.4 Å². The van der Waals surface area contributed by atoms with Gasteiger partial charge < -0.3 is 10.1 Å². The normalized spacial score (nSPS) is 13.0. The molecule has 3 rings (SSSR count). The van der Waals surface area contributed by atoms with Gasteiger partial charge >= 0.3 is 0 Å². The van der Waals surface area contributed by atoms with Gasteiger partial charge in [0.1, 0.15) is 5.75 Å². The van der Waals surface area contributed by atoms with E-state index in [-0.39, 0.29) is 17.9 Å². The molecule has 0 radical (unpaired) electrons. The standard InChI is InChI=1S/C21H23N3O4/c1-13(2)28-18-5-3-4-16(12-18)21(27)24-23-20(26)15-8-10-17(11-9-15)22-19(25)14-6-7-14/h3-5,8-14H,6-7H2,1-2H3,(H,22,25)(H,23,26)(H,24,27). The molecule has 3 amide bonds. The highest BCUT2D eigenvalue weighted by molar-refractivity contribution is 6.00. The summed E-state index contributed by atoms with van der Waals surface area (Å²) < 4.78 is 5.56. The summed E-state index contributed by atoms with van der Waals surface area (Å²) in [5.74, 6) is -0.201. The third-order valence-electron chi connectivity index (χ3n) is 4.12. The van der Waals surface area contributed by atoms with Crippen LogP contribution in [0.1, 0.15) is 47.4 Å². The number of hydrazine groups is 1. The van der Waals surface area contributed by atoms with Gasteiger partial charge in [-0.3, -0.25) is 25.2 Å². The minimum absolute atomic E-state index is 0.00459. The van der Waals surface area contributed by atoms with Crippen LogP contribution < -0.4 is 20.9 Å². The van der Waals surface area contributed by atoms with Gasteiger partial charge in [0, 0.05) is 22.7 Å². The molecule has 0 spiro atoms. The van der Waals surface area contributed by atoms with Gasteiger partial charge in [-0.05, 0) is 69.2 Å². The molecule has 0 saturated heterocycles. The first kappa shape index (κ1) is 19.4. The van der Waals surface area contributed by atoms with Crippen LogP contribution in [0, 0.1) is 5.92 Å². The number of hydrogen-bond donors (Lipinski definition) is 3. The highest BCUT2D eigenvalue weighted by atomic mass is 16.5. The number of carbonyl (C=O) groups excluding carboxylic acids is 3. The number of rotatable bonds is 6. The van der Waals surface area contributed by atoms with E-state index >= 15 is 0 Å². The van der Waals surface area contributed by atoms with Gasteiger partial charge in [0.25, 0.3) is 11.8 Å². The summed E-state index contributed by atoms with van der Waals surface area (Å²) in [7, 11) is 0. The molecule has 2 aromatic rings. The highest BCUT2D eigenvalue weighted by Gasteiger charge is 2.29. The lowest BCUT2D eigenvalue weighted by Crippen LogP contribution is -2.41. The molecule has 146 valence electrons. The van der Waals surface area contributed by atoms with Crippen molar-refractivity contribution in [3.63, 3.8) is 0 Å². The van der Waals surface area contributed by atoms with E-state index < -0.39 is 11.8 Å². The SMILES string of the molecule is CC(C)Oc1cccc(C(=O)NNC(=O)c2ccc(NC(=O)C3CC3)cc2)c1. The Morgan fingerprint density at radius 2 is 1.57 bits per heavy atom. The van der Waals surface area contributed by atoms with Gasteiger partial charge in [0.15, 0.2) is 0 Å². The van der Waals surface area contributed by atoms with E-state index in [0.29, 0.717) is 22.6 Å². The first-order valence-electron chi connectivity index (χ1n) is 9.20. The maximum absolute atomic E-state index is 12.2. The third-order valence-corrected chi connectivity index (χ3v) is 4.12. The van der Waals surface area contributed by atoms with E-state index in [0.717, 1.165) is 12.8 Å². The second-order valence-electron chi connectivity index (χ2n) is 6.94. The first-order valence-corrected chi connectivity index (χ1v) is 9.20. The molecular formula is C21H23N3O4. The van der Waals surface area contributed by atoms with E-state index in [2.05, 4.69) is 16.2 Å². The fourth-order valence-corrected chi connectivity index (χ4v) is 2.54. The van der Waals surface area contributed by atoms with Crippen molar-refractivity contribution in [3.8, 4) is 5.75 Å². The Labute approximate surface area is 163 Å². The quantitative estimate of drug-likeness (QED) is 0.671. The molecule has 2 aromatic carbocycles.